The highest BCUT2D eigenvalue weighted by atomic mass is 16.5. The maximum Gasteiger partial charge on any atom is 0.305 e. The van der Waals surface area contributed by atoms with E-state index in [0.29, 0.717) is 25.0 Å². The average Bonchev–Trinajstić information content (AvgIpc) is 2.71. The number of aldehydes is 1. The van der Waals surface area contributed by atoms with Gasteiger partial charge in [-0.2, -0.15) is 0 Å². The van der Waals surface area contributed by atoms with Gasteiger partial charge in [0.2, 0.25) is 0 Å². The molecule has 0 aliphatic heterocycles. The van der Waals surface area contributed by atoms with Gasteiger partial charge in [-0.3, -0.25) is 9.59 Å². The van der Waals surface area contributed by atoms with Gasteiger partial charge in [0.25, 0.3) is 0 Å². The number of hydrogen-bond donors (Lipinski definition) is 2. The molecule has 2 atom stereocenters. The largest absolute Gasteiger partial charge is 0.466 e. The van der Waals surface area contributed by atoms with E-state index in [1.165, 1.54) is 0 Å². The summed E-state index contributed by atoms with van der Waals surface area (Å²) in [4.78, 5) is 21.8. The maximum atomic E-state index is 11.2. The van der Waals surface area contributed by atoms with Crippen LogP contribution in [-0.4, -0.2) is 41.3 Å². The standard InChI is InChI=1S/C24H26O5/c1-2-29-24(28)14-8-13-23(27)11-6-4-3-5-10-22(26)12-7-9-20-15-17-21(19-25)18-16-20/h3-5,10,15-19,22-23,26-27H,2,8,12-14H2,1H3/b4-3+,10-5+/t22-,23+/m0/s1. The summed E-state index contributed by atoms with van der Waals surface area (Å²) in [5, 5.41) is 19.6. The van der Waals surface area contributed by atoms with Gasteiger partial charge in [-0.05, 0) is 38.0 Å². The lowest BCUT2D eigenvalue weighted by Crippen LogP contribution is -2.07. The zero-order valence-corrected chi connectivity index (χ0v) is 16.5. The molecular formula is C24H26O5. The molecule has 0 heterocycles. The highest BCUT2D eigenvalue weighted by Crippen LogP contribution is 2.02. The van der Waals surface area contributed by atoms with Crippen LogP contribution in [0.1, 0.15) is 48.5 Å². The van der Waals surface area contributed by atoms with Crippen LogP contribution in [0, 0.1) is 23.7 Å². The highest BCUT2D eigenvalue weighted by Gasteiger charge is 2.04. The molecular weight excluding hydrogens is 368 g/mol. The third-order valence-electron chi connectivity index (χ3n) is 3.63. The molecule has 0 fully saturated rings. The minimum Gasteiger partial charge on any atom is -0.466 e. The van der Waals surface area contributed by atoms with Gasteiger partial charge in [-0.1, -0.05) is 54.0 Å². The molecule has 0 saturated carbocycles. The summed E-state index contributed by atoms with van der Waals surface area (Å²) in [6.07, 6.45) is 7.24. The summed E-state index contributed by atoms with van der Waals surface area (Å²) in [7, 11) is 0. The fourth-order valence-electron chi connectivity index (χ4n) is 2.16. The van der Waals surface area contributed by atoms with Crippen LogP contribution in [-0.2, 0) is 9.53 Å². The molecule has 0 amide bonds. The third-order valence-corrected chi connectivity index (χ3v) is 3.63. The normalized spacial score (nSPS) is 12.5. The summed E-state index contributed by atoms with van der Waals surface area (Å²) in [5.74, 6) is 10.9. The van der Waals surface area contributed by atoms with E-state index >= 15 is 0 Å². The molecule has 0 aliphatic rings. The van der Waals surface area contributed by atoms with Crippen LogP contribution in [0.5, 0.6) is 0 Å². The van der Waals surface area contributed by atoms with Crippen molar-refractivity contribution in [2.45, 2.75) is 44.8 Å². The Morgan fingerprint density at radius 1 is 1.21 bits per heavy atom. The molecule has 0 bridgehead atoms. The molecule has 152 valence electrons. The van der Waals surface area contributed by atoms with Crippen molar-refractivity contribution in [2.75, 3.05) is 6.61 Å². The number of aliphatic hydroxyl groups is 2. The predicted octanol–water partition coefficient (Wildman–Crippen LogP) is 2.81. The van der Waals surface area contributed by atoms with E-state index in [1.54, 1.807) is 55.5 Å². The van der Waals surface area contributed by atoms with Crippen molar-refractivity contribution < 1.29 is 24.5 Å². The lowest BCUT2D eigenvalue weighted by molar-refractivity contribution is -0.143. The average molecular weight is 394 g/mol. The first-order valence-corrected chi connectivity index (χ1v) is 9.45. The van der Waals surface area contributed by atoms with E-state index in [2.05, 4.69) is 23.7 Å². The highest BCUT2D eigenvalue weighted by molar-refractivity contribution is 5.74. The van der Waals surface area contributed by atoms with Gasteiger partial charge in [0, 0.05) is 24.0 Å². The number of allylic oxidation sites excluding steroid dienone is 3. The van der Waals surface area contributed by atoms with E-state index in [1.807, 2.05) is 0 Å². The van der Waals surface area contributed by atoms with Crippen LogP contribution < -0.4 is 0 Å². The molecule has 1 rings (SSSR count). The Bertz CT molecular complexity index is 813. The molecule has 2 N–H and O–H groups in total. The Labute approximate surface area is 172 Å². The number of carbonyl (C=O) groups is 2. The predicted molar refractivity (Wildman–Crippen MR) is 112 cm³/mol. The number of carbonyl (C=O) groups excluding carboxylic acids is 2. The summed E-state index contributed by atoms with van der Waals surface area (Å²) >= 11 is 0. The van der Waals surface area contributed by atoms with Gasteiger partial charge in [0.15, 0.2) is 0 Å². The van der Waals surface area contributed by atoms with Gasteiger partial charge in [-0.15, -0.1) is 0 Å². The first-order valence-electron chi connectivity index (χ1n) is 9.45. The second kappa shape index (κ2) is 14.9. The molecule has 0 radical (unpaired) electrons. The van der Waals surface area contributed by atoms with Crippen LogP contribution >= 0.6 is 0 Å². The van der Waals surface area contributed by atoms with Crippen LogP contribution in [0.3, 0.4) is 0 Å². The summed E-state index contributed by atoms with van der Waals surface area (Å²) in [6.45, 7) is 2.11. The summed E-state index contributed by atoms with van der Waals surface area (Å²) < 4.78 is 4.81. The first kappa shape index (κ1) is 23.9. The molecule has 5 nitrogen and oxygen atoms in total. The quantitative estimate of drug-likeness (QED) is 0.291. The van der Waals surface area contributed by atoms with E-state index in [9.17, 15) is 19.8 Å². The molecule has 0 aromatic heterocycles. The van der Waals surface area contributed by atoms with E-state index in [0.717, 1.165) is 11.8 Å². The van der Waals surface area contributed by atoms with Gasteiger partial charge in [-0.25, -0.2) is 0 Å². The monoisotopic (exact) mass is 394 g/mol. The van der Waals surface area contributed by atoms with E-state index in [-0.39, 0.29) is 18.8 Å². The Morgan fingerprint density at radius 3 is 2.66 bits per heavy atom. The minimum atomic E-state index is -0.792. The second-order valence-corrected chi connectivity index (χ2v) is 6.06. The third kappa shape index (κ3) is 12.0. The maximum absolute atomic E-state index is 11.2. The smallest absolute Gasteiger partial charge is 0.305 e. The zero-order chi connectivity index (χ0) is 21.3. The van der Waals surface area contributed by atoms with Crippen molar-refractivity contribution in [1.82, 2.24) is 0 Å². The van der Waals surface area contributed by atoms with Gasteiger partial charge < -0.3 is 14.9 Å². The Hall–Kier alpha value is -3.12. The lowest BCUT2D eigenvalue weighted by atomic mass is 10.1. The number of rotatable bonds is 9. The molecule has 1 aromatic rings. The van der Waals surface area contributed by atoms with Crippen molar-refractivity contribution in [1.29, 1.82) is 0 Å². The fraction of sp³-hybridized carbons (Fsp3) is 0.333. The number of benzene rings is 1. The second-order valence-electron chi connectivity index (χ2n) is 6.06. The molecule has 0 spiro atoms. The topological polar surface area (TPSA) is 83.8 Å². The number of aliphatic hydroxyl groups excluding tert-OH is 2. The van der Waals surface area contributed by atoms with Crippen molar-refractivity contribution in [2.24, 2.45) is 0 Å². The SMILES string of the molecule is CCOC(=O)CCC[C@H](O)C#C/C=C/C=C/[C@H](O)CC#Cc1ccc(C=O)cc1. The van der Waals surface area contributed by atoms with Crippen molar-refractivity contribution >= 4 is 12.3 Å². The number of hydrogen-bond acceptors (Lipinski definition) is 5. The number of esters is 1. The Morgan fingerprint density at radius 2 is 1.97 bits per heavy atom. The molecule has 29 heavy (non-hydrogen) atoms. The van der Waals surface area contributed by atoms with Crippen LogP contribution in [0.25, 0.3) is 0 Å². The summed E-state index contributed by atoms with van der Waals surface area (Å²) in [5.41, 5.74) is 1.38. The zero-order valence-electron chi connectivity index (χ0n) is 16.5. The first-order chi connectivity index (χ1) is 14.0. The Kier molecular flexibility index (Phi) is 12.3. The van der Waals surface area contributed by atoms with Crippen molar-refractivity contribution in [3.8, 4) is 23.7 Å². The molecule has 0 unspecified atom stereocenters. The summed E-state index contributed by atoms with van der Waals surface area (Å²) in [6, 6.07) is 6.89. The van der Waals surface area contributed by atoms with Crippen molar-refractivity contribution in [3.63, 3.8) is 0 Å². The Balaban J connectivity index is 2.29. The van der Waals surface area contributed by atoms with Crippen LogP contribution in [0.15, 0.2) is 48.6 Å². The molecule has 0 saturated heterocycles. The van der Waals surface area contributed by atoms with Crippen molar-refractivity contribution in [3.05, 3.63) is 59.7 Å². The van der Waals surface area contributed by atoms with Crippen LogP contribution in [0.4, 0.5) is 0 Å². The van der Waals surface area contributed by atoms with E-state index in [4.69, 9.17) is 4.74 Å². The molecule has 1 aromatic carbocycles. The van der Waals surface area contributed by atoms with Gasteiger partial charge >= 0.3 is 5.97 Å². The number of ether oxygens (including phenoxy) is 1. The van der Waals surface area contributed by atoms with E-state index < -0.39 is 12.2 Å². The lowest BCUT2D eigenvalue weighted by Gasteiger charge is -2.03. The molecule has 5 heteroatoms. The minimum absolute atomic E-state index is 0.267. The van der Waals surface area contributed by atoms with Gasteiger partial charge in [0.05, 0.1) is 12.7 Å². The molecule has 0 aliphatic carbocycles. The van der Waals surface area contributed by atoms with Gasteiger partial charge in [0.1, 0.15) is 12.4 Å². The fourth-order valence-corrected chi connectivity index (χ4v) is 2.16. The van der Waals surface area contributed by atoms with Crippen LogP contribution in [0.2, 0.25) is 0 Å².